The monoisotopic (exact) mass is 211 g/mol. The van der Waals surface area contributed by atoms with E-state index in [9.17, 15) is 5.11 Å². The number of hydrogen-bond donors (Lipinski definition) is 2. The van der Waals surface area contributed by atoms with Gasteiger partial charge < -0.3 is 10.4 Å². The summed E-state index contributed by atoms with van der Waals surface area (Å²) in [5.41, 5.74) is 0.913. The van der Waals surface area contributed by atoms with Gasteiger partial charge in [0.25, 0.3) is 0 Å². The van der Waals surface area contributed by atoms with E-state index in [1.165, 1.54) is 19.3 Å². The van der Waals surface area contributed by atoms with Crippen LogP contribution in [-0.2, 0) is 0 Å². The Labute approximate surface area is 93.5 Å². The van der Waals surface area contributed by atoms with E-state index in [0.717, 1.165) is 12.5 Å². The predicted octanol–water partition coefficient (Wildman–Crippen LogP) is 2.17. The van der Waals surface area contributed by atoms with E-state index in [1.54, 1.807) is 0 Å². The Morgan fingerprint density at radius 2 is 2.07 bits per heavy atom. The van der Waals surface area contributed by atoms with Gasteiger partial charge in [-0.3, -0.25) is 0 Å². The summed E-state index contributed by atoms with van der Waals surface area (Å²) in [5, 5.41) is 12.9. The van der Waals surface area contributed by atoms with E-state index < -0.39 is 0 Å². The van der Waals surface area contributed by atoms with Crippen molar-refractivity contribution in [3.8, 4) is 0 Å². The van der Waals surface area contributed by atoms with Crippen molar-refractivity contribution >= 4 is 0 Å². The quantitative estimate of drug-likeness (QED) is 0.750. The van der Waals surface area contributed by atoms with Crippen molar-refractivity contribution < 1.29 is 5.11 Å². The zero-order valence-corrected chi connectivity index (χ0v) is 10.5. The van der Waals surface area contributed by atoms with Gasteiger partial charge in [0.05, 0.1) is 6.10 Å². The molecular formula is C13H25NO. The molecule has 88 valence electrons. The van der Waals surface area contributed by atoms with E-state index in [1.807, 2.05) is 6.92 Å². The van der Waals surface area contributed by atoms with Crippen LogP contribution in [-0.4, -0.2) is 23.8 Å². The summed E-state index contributed by atoms with van der Waals surface area (Å²) in [6, 6.07) is 0.612. The van der Waals surface area contributed by atoms with E-state index in [4.69, 9.17) is 0 Å². The van der Waals surface area contributed by atoms with Crippen molar-refractivity contribution in [1.29, 1.82) is 0 Å². The minimum Gasteiger partial charge on any atom is -0.392 e. The van der Waals surface area contributed by atoms with Crippen LogP contribution >= 0.6 is 0 Å². The first-order chi connectivity index (χ1) is 6.88. The van der Waals surface area contributed by atoms with E-state index in [0.29, 0.717) is 16.9 Å². The molecule has 0 aromatic rings. The van der Waals surface area contributed by atoms with Crippen LogP contribution in [0.25, 0.3) is 0 Å². The molecule has 0 spiro atoms. The van der Waals surface area contributed by atoms with E-state index in [2.05, 4.69) is 26.1 Å². The molecule has 2 N–H and O–H groups in total. The van der Waals surface area contributed by atoms with Gasteiger partial charge in [-0.2, -0.15) is 0 Å². The third-order valence-electron chi connectivity index (χ3n) is 5.45. The fourth-order valence-electron chi connectivity index (χ4n) is 3.83. The molecule has 2 fully saturated rings. The molecule has 2 aliphatic carbocycles. The van der Waals surface area contributed by atoms with Crippen molar-refractivity contribution in [3.05, 3.63) is 0 Å². The minimum atomic E-state index is -0.226. The molecule has 2 heteroatoms. The SMILES string of the molecule is C[C@@H](O)CNC1CC2CCC1(C)C2(C)C. The Hall–Kier alpha value is -0.0800. The van der Waals surface area contributed by atoms with Crippen LogP contribution in [0.3, 0.4) is 0 Å². The molecule has 3 unspecified atom stereocenters. The molecule has 0 aromatic carbocycles. The average molecular weight is 211 g/mol. The molecule has 2 rings (SSSR count). The second-order valence-electron chi connectivity index (χ2n) is 6.42. The van der Waals surface area contributed by atoms with Crippen molar-refractivity contribution in [1.82, 2.24) is 5.32 Å². The average Bonchev–Trinajstić information content (AvgIpc) is 2.46. The molecular weight excluding hydrogens is 186 g/mol. The van der Waals surface area contributed by atoms with Crippen LogP contribution < -0.4 is 5.32 Å². The third kappa shape index (κ3) is 1.53. The molecule has 2 bridgehead atoms. The zero-order chi connectivity index (χ0) is 11.3. The molecule has 2 nitrogen and oxygen atoms in total. The number of aliphatic hydroxyl groups excluding tert-OH is 1. The molecule has 0 saturated heterocycles. The highest BCUT2D eigenvalue weighted by atomic mass is 16.3. The molecule has 2 aliphatic rings. The van der Waals surface area contributed by atoms with Crippen LogP contribution in [0.1, 0.15) is 47.0 Å². The highest BCUT2D eigenvalue weighted by Crippen LogP contribution is 2.65. The first kappa shape index (κ1) is 11.4. The Morgan fingerprint density at radius 1 is 1.40 bits per heavy atom. The molecule has 2 saturated carbocycles. The molecule has 0 radical (unpaired) electrons. The maximum absolute atomic E-state index is 9.33. The zero-order valence-electron chi connectivity index (χ0n) is 10.5. The van der Waals surface area contributed by atoms with Gasteiger partial charge in [-0.25, -0.2) is 0 Å². The van der Waals surface area contributed by atoms with Crippen molar-refractivity contribution in [2.24, 2.45) is 16.7 Å². The van der Waals surface area contributed by atoms with Gasteiger partial charge in [0.2, 0.25) is 0 Å². The molecule has 15 heavy (non-hydrogen) atoms. The number of rotatable bonds is 3. The maximum atomic E-state index is 9.33. The molecule has 0 aromatic heterocycles. The van der Waals surface area contributed by atoms with Gasteiger partial charge in [0, 0.05) is 12.6 Å². The predicted molar refractivity (Wildman–Crippen MR) is 62.7 cm³/mol. The normalized spacial score (nSPS) is 44.6. The number of nitrogens with one attached hydrogen (secondary N) is 1. The van der Waals surface area contributed by atoms with Crippen LogP contribution in [0.2, 0.25) is 0 Å². The Kier molecular flexibility index (Phi) is 2.63. The van der Waals surface area contributed by atoms with Crippen molar-refractivity contribution in [3.63, 3.8) is 0 Å². The van der Waals surface area contributed by atoms with Gasteiger partial charge in [0.15, 0.2) is 0 Å². The highest BCUT2D eigenvalue weighted by Gasteiger charge is 2.60. The highest BCUT2D eigenvalue weighted by molar-refractivity contribution is 5.12. The van der Waals surface area contributed by atoms with E-state index in [-0.39, 0.29) is 6.10 Å². The Balaban J connectivity index is 2.06. The Morgan fingerprint density at radius 3 is 2.47 bits per heavy atom. The van der Waals surface area contributed by atoms with Crippen molar-refractivity contribution in [2.75, 3.05) is 6.54 Å². The fourth-order valence-corrected chi connectivity index (χ4v) is 3.83. The van der Waals surface area contributed by atoms with Crippen LogP contribution in [0, 0.1) is 16.7 Å². The van der Waals surface area contributed by atoms with E-state index >= 15 is 0 Å². The molecule has 4 atom stereocenters. The lowest BCUT2D eigenvalue weighted by Gasteiger charge is -2.39. The number of aliphatic hydroxyl groups is 1. The first-order valence-electron chi connectivity index (χ1n) is 6.29. The summed E-state index contributed by atoms with van der Waals surface area (Å²) >= 11 is 0. The lowest BCUT2D eigenvalue weighted by Crippen LogP contribution is -2.46. The molecule has 0 aliphatic heterocycles. The first-order valence-corrected chi connectivity index (χ1v) is 6.29. The van der Waals surface area contributed by atoms with Gasteiger partial charge in [-0.15, -0.1) is 0 Å². The summed E-state index contributed by atoms with van der Waals surface area (Å²) in [7, 11) is 0. The fraction of sp³-hybridized carbons (Fsp3) is 1.00. The summed E-state index contributed by atoms with van der Waals surface area (Å²) < 4.78 is 0. The lowest BCUT2D eigenvalue weighted by atomic mass is 9.69. The number of fused-ring (bicyclic) bond motifs is 2. The second kappa shape index (κ2) is 3.46. The molecule has 0 amide bonds. The molecule has 0 heterocycles. The Bertz CT molecular complexity index is 249. The van der Waals surface area contributed by atoms with Gasteiger partial charge >= 0.3 is 0 Å². The minimum absolute atomic E-state index is 0.226. The smallest absolute Gasteiger partial charge is 0.0636 e. The van der Waals surface area contributed by atoms with Gasteiger partial charge in [0.1, 0.15) is 0 Å². The van der Waals surface area contributed by atoms with Crippen LogP contribution in [0.15, 0.2) is 0 Å². The summed E-state index contributed by atoms with van der Waals surface area (Å²) in [6.07, 6.45) is 3.82. The second-order valence-corrected chi connectivity index (χ2v) is 6.42. The van der Waals surface area contributed by atoms with Crippen molar-refractivity contribution in [2.45, 2.75) is 59.1 Å². The lowest BCUT2D eigenvalue weighted by molar-refractivity contribution is 0.109. The van der Waals surface area contributed by atoms with Gasteiger partial charge in [-0.05, 0) is 42.9 Å². The topological polar surface area (TPSA) is 32.3 Å². The maximum Gasteiger partial charge on any atom is 0.0636 e. The standard InChI is InChI=1S/C13H25NO/c1-9(15)8-14-11-7-10-5-6-13(11,4)12(10,2)3/h9-11,14-15H,5-8H2,1-4H3/t9-,10?,11?,13?/m1/s1. The van der Waals surface area contributed by atoms with Crippen LogP contribution in [0.5, 0.6) is 0 Å². The summed E-state index contributed by atoms with van der Waals surface area (Å²) in [5.74, 6) is 0.883. The van der Waals surface area contributed by atoms with Gasteiger partial charge in [-0.1, -0.05) is 20.8 Å². The van der Waals surface area contributed by atoms with Crippen LogP contribution in [0.4, 0.5) is 0 Å². The summed E-state index contributed by atoms with van der Waals surface area (Å²) in [4.78, 5) is 0. The summed E-state index contributed by atoms with van der Waals surface area (Å²) in [6.45, 7) is 9.87. The number of hydrogen-bond acceptors (Lipinski definition) is 2. The largest absolute Gasteiger partial charge is 0.392 e. The third-order valence-corrected chi connectivity index (χ3v) is 5.45.